The Labute approximate surface area is 168 Å². The predicted molar refractivity (Wildman–Crippen MR) is 109 cm³/mol. The van der Waals surface area contributed by atoms with Crippen LogP contribution in [-0.4, -0.2) is 60.3 Å². The van der Waals surface area contributed by atoms with Crippen LogP contribution >= 0.6 is 0 Å². The molecule has 7 heteroatoms. The number of pyridine rings is 1. The van der Waals surface area contributed by atoms with Gasteiger partial charge in [0.2, 0.25) is 0 Å². The Morgan fingerprint density at radius 3 is 2.55 bits per heavy atom. The number of nitrogens with one attached hydrogen (secondary N) is 1. The van der Waals surface area contributed by atoms with Gasteiger partial charge in [-0.1, -0.05) is 0 Å². The normalized spacial score (nSPS) is 19.9. The van der Waals surface area contributed by atoms with E-state index in [9.17, 15) is 8.78 Å². The Morgan fingerprint density at radius 1 is 1.07 bits per heavy atom. The lowest BCUT2D eigenvalue weighted by Gasteiger charge is -2.46. The third kappa shape index (κ3) is 3.49. The first-order chi connectivity index (χ1) is 14.0. The number of fused-ring (bicyclic) bond motifs is 1. The number of H-pyrrole nitrogens is 1. The number of aromatic amines is 1. The van der Waals surface area contributed by atoms with E-state index in [1.807, 2.05) is 12.1 Å². The summed E-state index contributed by atoms with van der Waals surface area (Å²) < 4.78 is 33.5. The van der Waals surface area contributed by atoms with Crippen molar-refractivity contribution in [1.29, 1.82) is 0 Å². The van der Waals surface area contributed by atoms with E-state index in [-0.39, 0.29) is 5.60 Å². The van der Waals surface area contributed by atoms with Crippen LogP contribution in [0.4, 0.5) is 14.6 Å². The molecule has 0 bridgehead atoms. The highest BCUT2D eigenvalue weighted by molar-refractivity contribution is 5.94. The monoisotopic (exact) mass is 398 g/mol. The van der Waals surface area contributed by atoms with Crippen molar-refractivity contribution >= 4 is 16.7 Å². The average Bonchev–Trinajstić information content (AvgIpc) is 3.12. The minimum Gasteiger partial charge on any atom is -0.372 e. The minimum absolute atomic E-state index is 0.0558. The van der Waals surface area contributed by atoms with Crippen molar-refractivity contribution in [2.75, 3.05) is 44.7 Å². The van der Waals surface area contributed by atoms with Gasteiger partial charge in [-0.25, -0.2) is 13.8 Å². The van der Waals surface area contributed by atoms with Crippen molar-refractivity contribution in [3.63, 3.8) is 0 Å². The maximum absolute atomic E-state index is 13.7. The second-order valence-corrected chi connectivity index (χ2v) is 8.19. The van der Waals surface area contributed by atoms with E-state index >= 15 is 0 Å². The molecule has 0 radical (unpaired) electrons. The highest BCUT2D eigenvalue weighted by Crippen LogP contribution is 2.35. The summed E-state index contributed by atoms with van der Waals surface area (Å²) in [6, 6.07) is 7.38. The van der Waals surface area contributed by atoms with Gasteiger partial charge >= 0.3 is 0 Å². The molecule has 4 heterocycles. The molecular weight excluding hydrogens is 374 g/mol. The van der Waals surface area contributed by atoms with Crippen LogP contribution in [0.15, 0.2) is 36.5 Å². The van der Waals surface area contributed by atoms with Gasteiger partial charge in [-0.15, -0.1) is 0 Å². The summed E-state index contributed by atoms with van der Waals surface area (Å²) in [7, 11) is 2.15. The lowest BCUT2D eigenvalue weighted by Crippen LogP contribution is -2.56. The lowest BCUT2D eigenvalue weighted by atomic mass is 9.89. The zero-order valence-electron chi connectivity index (χ0n) is 16.4. The maximum atomic E-state index is 13.7. The molecule has 1 N–H and O–H groups in total. The smallest absolute Gasteiger partial charge is 0.137 e. The quantitative estimate of drug-likeness (QED) is 0.713. The molecule has 1 spiro atoms. The van der Waals surface area contributed by atoms with Gasteiger partial charge in [0.05, 0.1) is 17.7 Å². The van der Waals surface area contributed by atoms with Gasteiger partial charge in [-0.2, -0.15) is 0 Å². The van der Waals surface area contributed by atoms with Crippen LogP contribution in [0.1, 0.15) is 12.8 Å². The van der Waals surface area contributed by atoms with Crippen molar-refractivity contribution in [2.24, 2.45) is 0 Å². The molecule has 2 aromatic heterocycles. The topological polar surface area (TPSA) is 44.4 Å². The zero-order valence-corrected chi connectivity index (χ0v) is 16.4. The van der Waals surface area contributed by atoms with Crippen LogP contribution in [0.5, 0.6) is 0 Å². The molecular formula is C22H24F2N4O. The molecule has 0 aliphatic carbocycles. The van der Waals surface area contributed by atoms with Crippen LogP contribution in [0, 0.1) is 11.6 Å². The Kier molecular flexibility index (Phi) is 4.52. The van der Waals surface area contributed by atoms with Crippen molar-refractivity contribution in [3.8, 4) is 11.3 Å². The van der Waals surface area contributed by atoms with Gasteiger partial charge in [0, 0.05) is 55.1 Å². The van der Waals surface area contributed by atoms with Crippen LogP contribution in [-0.2, 0) is 4.74 Å². The van der Waals surface area contributed by atoms with E-state index in [1.165, 1.54) is 12.1 Å². The Hall–Kier alpha value is -2.51. The standard InChI is InChI=1S/C22H24F2N4O/c1-27-8-9-29-22(14-27)3-6-28(7-4-22)21-18-13-20(26-19(18)2-5-25-21)15-10-16(23)12-17(24)11-15/h2,5,10-13,26H,3-4,6-9,14H2,1H3. The van der Waals surface area contributed by atoms with E-state index in [1.54, 1.807) is 6.20 Å². The molecule has 0 unspecified atom stereocenters. The van der Waals surface area contributed by atoms with Crippen molar-refractivity contribution in [3.05, 3.63) is 48.2 Å². The number of likely N-dealkylation sites (N-methyl/N-ethyl adjacent to an activating group) is 1. The minimum atomic E-state index is -0.587. The number of hydrogen-bond acceptors (Lipinski definition) is 4. The van der Waals surface area contributed by atoms with E-state index in [0.29, 0.717) is 11.3 Å². The second kappa shape index (κ2) is 7.07. The molecule has 1 aromatic carbocycles. The second-order valence-electron chi connectivity index (χ2n) is 8.19. The first kappa shape index (κ1) is 18.5. The van der Waals surface area contributed by atoms with Crippen molar-refractivity contribution in [2.45, 2.75) is 18.4 Å². The summed E-state index contributed by atoms with van der Waals surface area (Å²) in [6.45, 7) is 4.48. The van der Waals surface area contributed by atoms with E-state index in [0.717, 1.165) is 68.4 Å². The molecule has 2 fully saturated rings. The van der Waals surface area contributed by atoms with Crippen LogP contribution < -0.4 is 4.90 Å². The van der Waals surface area contributed by atoms with E-state index in [2.05, 4.69) is 26.8 Å². The number of piperidine rings is 1. The Morgan fingerprint density at radius 2 is 1.83 bits per heavy atom. The van der Waals surface area contributed by atoms with Gasteiger partial charge in [0.15, 0.2) is 0 Å². The Balaban J connectivity index is 1.43. The number of halogens is 2. The zero-order chi connectivity index (χ0) is 20.0. The fourth-order valence-electron chi connectivity index (χ4n) is 4.62. The molecule has 5 rings (SSSR count). The fourth-order valence-corrected chi connectivity index (χ4v) is 4.62. The molecule has 0 amide bonds. The van der Waals surface area contributed by atoms with E-state index in [4.69, 9.17) is 4.74 Å². The van der Waals surface area contributed by atoms with Crippen LogP contribution in [0.3, 0.4) is 0 Å². The third-order valence-electron chi connectivity index (χ3n) is 6.11. The highest BCUT2D eigenvalue weighted by Gasteiger charge is 2.39. The highest BCUT2D eigenvalue weighted by atomic mass is 19.1. The van der Waals surface area contributed by atoms with Gasteiger partial charge in [-0.05, 0) is 44.2 Å². The fraction of sp³-hybridized carbons (Fsp3) is 0.409. The largest absolute Gasteiger partial charge is 0.372 e. The van der Waals surface area contributed by atoms with E-state index < -0.39 is 11.6 Å². The van der Waals surface area contributed by atoms with Crippen molar-refractivity contribution < 1.29 is 13.5 Å². The van der Waals surface area contributed by atoms with Gasteiger partial charge in [-0.3, -0.25) is 0 Å². The number of aromatic nitrogens is 2. The molecule has 0 atom stereocenters. The average molecular weight is 398 g/mol. The number of rotatable bonds is 2. The van der Waals surface area contributed by atoms with Gasteiger partial charge < -0.3 is 19.5 Å². The maximum Gasteiger partial charge on any atom is 0.137 e. The summed E-state index contributed by atoms with van der Waals surface area (Å²) >= 11 is 0. The summed E-state index contributed by atoms with van der Waals surface area (Å²) in [5.41, 5.74) is 2.02. The first-order valence-corrected chi connectivity index (χ1v) is 10.0. The molecule has 2 aliphatic rings. The van der Waals surface area contributed by atoms with Crippen LogP contribution in [0.2, 0.25) is 0 Å². The van der Waals surface area contributed by atoms with Crippen LogP contribution in [0.25, 0.3) is 22.2 Å². The summed E-state index contributed by atoms with van der Waals surface area (Å²) in [6.07, 6.45) is 3.70. The molecule has 2 saturated heterocycles. The first-order valence-electron chi connectivity index (χ1n) is 10.0. The summed E-state index contributed by atoms with van der Waals surface area (Å²) in [5, 5.41) is 0.963. The molecule has 0 saturated carbocycles. The van der Waals surface area contributed by atoms with Crippen molar-refractivity contribution in [1.82, 2.24) is 14.9 Å². The summed E-state index contributed by atoms with van der Waals surface area (Å²) in [4.78, 5) is 12.5. The molecule has 5 nitrogen and oxygen atoms in total. The predicted octanol–water partition coefficient (Wildman–Crippen LogP) is 3.81. The molecule has 29 heavy (non-hydrogen) atoms. The van der Waals surface area contributed by atoms with Gasteiger partial charge in [0.1, 0.15) is 17.5 Å². The lowest BCUT2D eigenvalue weighted by molar-refractivity contribution is -0.115. The number of anilines is 1. The Bertz CT molecular complexity index is 1020. The van der Waals surface area contributed by atoms with Gasteiger partial charge in [0.25, 0.3) is 0 Å². The number of hydrogen-bond donors (Lipinski definition) is 1. The molecule has 3 aromatic rings. The summed E-state index contributed by atoms with van der Waals surface area (Å²) in [5.74, 6) is -0.271. The number of nitrogens with zero attached hydrogens (tertiary/aromatic N) is 3. The number of ether oxygens (including phenoxy) is 1. The number of benzene rings is 1. The molecule has 2 aliphatic heterocycles. The third-order valence-corrected chi connectivity index (χ3v) is 6.11. The number of morpholine rings is 1. The molecule has 152 valence electrons. The SMILES string of the molecule is CN1CCOC2(CCN(c3nccc4[nH]c(-c5cc(F)cc(F)c5)cc34)CC2)C1.